The standard InChI is InChI=1S/C14H26.C10H20/c1-14(2,3)10-11-8-12-6-4-5-7-13(12)9-11;1-10(2,3)8-9-6-4-5-7-9/h11-13H,4-10H2,1-3H3;9H,4-8H2,1-3H3. The van der Waals surface area contributed by atoms with Crippen LogP contribution in [-0.4, -0.2) is 0 Å². The summed E-state index contributed by atoms with van der Waals surface area (Å²) >= 11 is 0. The van der Waals surface area contributed by atoms with E-state index in [0.29, 0.717) is 10.8 Å². The fraction of sp³-hybridized carbons (Fsp3) is 1.00. The Kier molecular flexibility index (Phi) is 7.27. The zero-order valence-electron chi connectivity index (χ0n) is 17.8. The Morgan fingerprint density at radius 1 is 0.542 bits per heavy atom. The lowest BCUT2D eigenvalue weighted by Crippen LogP contribution is -2.12. The molecule has 0 aromatic rings. The van der Waals surface area contributed by atoms with Crippen LogP contribution >= 0.6 is 0 Å². The maximum Gasteiger partial charge on any atom is -0.0380 e. The first-order valence-electron chi connectivity index (χ1n) is 11.1. The summed E-state index contributed by atoms with van der Waals surface area (Å²) in [5.74, 6) is 4.36. The van der Waals surface area contributed by atoms with E-state index in [1.165, 1.54) is 51.4 Å². The summed E-state index contributed by atoms with van der Waals surface area (Å²) < 4.78 is 0. The van der Waals surface area contributed by atoms with Gasteiger partial charge in [-0.05, 0) is 60.2 Å². The molecule has 0 aromatic heterocycles. The number of fused-ring (bicyclic) bond motifs is 1. The molecule has 0 saturated heterocycles. The van der Waals surface area contributed by atoms with Crippen molar-refractivity contribution in [2.45, 2.75) is 119 Å². The van der Waals surface area contributed by atoms with Gasteiger partial charge in [-0.2, -0.15) is 0 Å². The molecular weight excluding hydrogens is 288 g/mol. The zero-order valence-corrected chi connectivity index (χ0v) is 17.8. The number of hydrogen-bond acceptors (Lipinski definition) is 0. The topological polar surface area (TPSA) is 0 Å². The van der Waals surface area contributed by atoms with Crippen molar-refractivity contribution in [1.29, 1.82) is 0 Å². The number of hydrogen-bond donors (Lipinski definition) is 0. The van der Waals surface area contributed by atoms with E-state index in [1.54, 1.807) is 25.7 Å². The lowest BCUT2D eigenvalue weighted by molar-refractivity contribution is 0.277. The highest BCUT2D eigenvalue weighted by atomic mass is 14.4. The lowest BCUT2D eigenvalue weighted by atomic mass is 9.82. The van der Waals surface area contributed by atoms with Gasteiger partial charge in [0.05, 0.1) is 0 Å². The summed E-state index contributed by atoms with van der Waals surface area (Å²) in [6, 6.07) is 0. The van der Waals surface area contributed by atoms with Crippen molar-refractivity contribution >= 4 is 0 Å². The third-order valence-electron chi connectivity index (χ3n) is 6.62. The van der Waals surface area contributed by atoms with Crippen LogP contribution in [0.5, 0.6) is 0 Å². The van der Waals surface area contributed by atoms with E-state index in [2.05, 4.69) is 41.5 Å². The highest BCUT2D eigenvalue weighted by molar-refractivity contribution is 4.87. The Morgan fingerprint density at radius 3 is 1.33 bits per heavy atom. The minimum Gasteiger partial charge on any atom is -0.0602 e. The monoisotopic (exact) mass is 334 g/mol. The molecule has 3 aliphatic carbocycles. The van der Waals surface area contributed by atoms with E-state index in [-0.39, 0.29) is 0 Å². The summed E-state index contributed by atoms with van der Waals surface area (Å²) in [7, 11) is 0. The maximum absolute atomic E-state index is 2.40. The molecule has 0 nitrogen and oxygen atoms in total. The molecule has 3 aliphatic rings. The van der Waals surface area contributed by atoms with Gasteiger partial charge in [0.25, 0.3) is 0 Å². The lowest BCUT2D eigenvalue weighted by Gasteiger charge is -2.24. The normalized spacial score (nSPS) is 31.5. The Bertz CT molecular complexity index is 333. The van der Waals surface area contributed by atoms with Crippen LogP contribution in [0.3, 0.4) is 0 Å². The first-order valence-corrected chi connectivity index (χ1v) is 11.1. The van der Waals surface area contributed by atoms with Crippen LogP contribution in [0.15, 0.2) is 0 Å². The summed E-state index contributed by atoms with van der Waals surface area (Å²) in [6.07, 6.45) is 18.1. The van der Waals surface area contributed by atoms with Crippen molar-refractivity contribution in [2.24, 2.45) is 34.5 Å². The zero-order chi connectivity index (χ0) is 17.8. The maximum atomic E-state index is 2.40. The number of rotatable bonds is 2. The van der Waals surface area contributed by atoms with Gasteiger partial charge in [-0.3, -0.25) is 0 Å². The van der Waals surface area contributed by atoms with Crippen LogP contribution in [0.1, 0.15) is 119 Å². The second-order valence-corrected chi connectivity index (χ2v) is 11.8. The minimum absolute atomic E-state index is 0.554. The van der Waals surface area contributed by atoms with Crippen molar-refractivity contribution in [3.05, 3.63) is 0 Å². The van der Waals surface area contributed by atoms with Gasteiger partial charge in [-0.25, -0.2) is 0 Å². The molecule has 142 valence electrons. The Morgan fingerprint density at radius 2 is 0.917 bits per heavy atom. The molecule has 24 heavy (non-hydrogen) atoms. The summed E-state index contributed by atoms with van der Waals surface area (Å²) in [5.41, 5.74) is 1.12. The minimum atomic E-state index is 0.554. The third kappa shape index (κ3) is 7.49. The Balaban J connectivity index is 0.000000185. The molecule has 2 atom stereocenters. The molecule has 0 N–H and O–H groups in total. The van der Waals surface area contributed by atoms with Crippen molar-refractivity contribution in [3.8, 4) is 0 Å². The van der Waals surface area contributed by atoms with E-state index in [1.807, 2.05) is 0 Å². The Hall–Kier alpha value is 0. The fourth-order valence-electron chi connectivity index (χ4n) is 5.97. The largest absolute Gasteiger partial charge is 0.0602 e. The molecule has 0 bridgehead atoms. The van der Waals surface area contributed by atoms with Gasteiger partial charge in [0, 0.05) is 0 Å². The average molecular weight is 335 g/mol. The second kappa shape index (κ2) is 8.59. The smallest absolute Gasteiger partial charge is 0.0380 e. The van der Waals surface area contributed by atoms with E-state index >= 15 is 0 Å². The molecule has 3 fully saturated rings. The van der Waals surface area contributed by atoms with Gasteiger partial charge in [0.1, 0.15) is 0 Å². The quantitative estimate of drug-likeness (QED) is 0.477. The van der Waals surface area contributed by atoms with Crippen LogP contribution in [0, 0.1) is 34.5 Å². The molecule has 3 saturated carbocycles. The van der Waals surface area contributed by atoms with Crippen LogP contribution in [0.4, 0.5) is 0 Å². The van der Waals surface area contributed by atoms with Crippen molar-refractivity contribution < 1.29 is 0 Å². The summed E-state index contributed by atoms with van der Waals surface area (Å²) in [4.78, 5) is 0. The van der Waals surface area contributed by atoms with E-state index < -0.39 is 0 Å². The van der Waals surface area contributed by atoms with Gasteiger partial charge >= 0.3 is 0 Å². The summed E-state index contributed by atoms with van der Waals surface area (Å²) in [5, 5.41) is 0. The van der Waals surface area contributed by atoms with Crippen molar-refractivity contribution in [1.82, 2.24) is 0 Å². The van der Waals surface area contributed by atoms with Crippen LogP contribution in [0.25, 0.3) is 0 Å². The third-order valence-corrected chi connectivity index (χ3v) is 6.62. The van der Waals surface area contributed by atoms with Crippen molar-refractivity contribution in [2.75, 3.05) is 0 Å². The van der Waals surface area contributed by atoms with Gasteiger partial charge < -0.3 is 0 Å². The first-order chi connectivity index (χ1) is 11.1. The van der Waals surface area contributed by atoms with Crippen LogP contribution in [0.2, 0.25) is 0 Å². The molecule has 0 radical (unpaired) electrons. The molecule has 2 unspecified atom stereocenters. The van der Waals surface area contributed by atoms with E-state index in [4.69, 9.17) is 0 Å². The van der Waals surface area contributed by atoms with E-state index in [0.717, 1.165) is 23.7 Å². The molecule has 3 rings (SSSR count). The van der Waals surface area contributed by atoms with Crippen LogP contribution in [-0.2, 0) is 0 Å². The van der Waals surface area contributed by atoms with Crippen molar-refractivity contribution in [3.63, 3.8) is 0 Å². The van der Waals surface area contributed by atoms with E-state index in [9.17, 15) is 0 Å². The van der Waals surface area contributed by atoms with Gasteiger partial charge in [0.2, 0.25) is 0 Å². The SMILES string of the molecule is CC(C)(C)CC1CC2CCCCC2C1.CC(C)(C)CC1CCCC1. The van der Waals surface area contributed by atoms with Gasteiger partial charge in [-0.15, -0.1) is 0 Å². The summed E-state index contributed by atoms with van der Waals surface area (Å²) in [6.45, 7) is 14.3. The molecule has 0 spiro atoms. The first kappa shape index (κ1) is 20.3. The Labute approximate surface area is 153 Å². The highest BCUT2D eigenvalue weighted by Gasteiger charge is 2.36. The predicted molar refractivity (Wildman–Crippen MR) is 108 cm³/mol. The van der Waals surface area contributed by atoms with Gasteiger partial charge in [0.15, 0.2) is 0 Å². The average Bonchev–Trinajstić information content (AvgIpc) is 3.03. The second-order valence-electron chi connectivity index (χ2n) is 11.8. The molecule has 0 aliphatic heterocycles. The highest BCUT2D eigenvalue weighted by Crippen LogP contribution is 2.48. The molecule has 0 heteroatoms. The van der Waals surface area contributed by atoms with Gasteiger partial charge in [-0.1, -0.05) is 92.9 Å². The molecule has 0 amide bonds. The molecule has 0 aromatic carbocycles. The molecular formula is C24H46. The van der Waals surface area contributed by atoms with Crippen LogP contribution < -0.4 is 0 Å². The molecule has 0 heterocycles. The fourth-order valence-corrected chi connectivity index (χ4v) is 5.97. The predicted octanol–water partition coefficient (Wildman–Crippen LogP) is 8.25.